The van der Waals surface area contributed by atoms with Gasteiger partial charge in [0.15, 0.2) is 0 Å². The SMILES string of the molecule is CCCCCCCC/C=C\CCCCCCCCN[C@@H](CS)C(=O)O. The minimum Gasteiger partial charge on any atom is -0.480 e. The number of thiol groups is 1. The number of unbranched alkanes of at least 4 members (excludes halogenated alkanes) is 12. The van der Waals surface area contributed by atoms with Gasteiger partial charge < -0.3 is 10.4 Å². The van der Waals surface area contributed by atoms with Gasteiger partial charge in [0, 0.05) is 5.75 Å². The molecule has 0 aliphatic heterocycles. The van der Waals surface area contributed by atoms with Gasteiger partial charge in [-0.2, -0.15) is 12.6 Å². The van der Waals surface area contributed by atoms with Gasteiger partial charge in [-0.1, -0.05) is 76.9 Å². The summed E-state index contributed by atoms with van der Waals surface area (Å²) in [4.78, 5) is 10.8. The van der Waals surface area contributed by atoms with Crippen molar-refractivity contribution in [3.8, 4) is 0 Å². The Balaban J connectivity index is 3.20. The number of aliphatic carboxylic acids is 1. The summed E-state index contributed by atoms with van der Waals surface area (Å²) in [6, 6.07) is -0.508. The number of nitrogens with one attached hydrogen (secondary N) is 1. The van der Waals surface area contributed by atoms with Gasteiger partial charge in [0.1, 0.15) is 6.04 Å². The van der Waals surface area contributed by atoms with Gasteiger partial charge in [0.25, 0.3) is 0 Å². The van der Waals surface area contributed by atoms with Crippen molar-refractivity contribution in [2.75, 3.05) is 12.3 Å². The van der Waals surface area contributed by atoms with Crippen molar-refractivity contribution in [2.45, 2.75) is 103 Å². The molecular weight excluding hydrogens is 330 g/mol. The second kappa shape index (κ2) is 19.8. The molecule has 0 aliphatic carbocycles. The van der Waals surface area contributed by atoms with Crippen LogP contribution in [-0.2, 0) is 4.79 Å². The zero-order valence-electron chi connectivity index (χ0n) is 16.3. The minimum absolute atomic E-state index is 0.349. The standard InChI is InChI=1S/C21H41NO2S/c1-2-3-4-5-6-7-8-9-10-11-12-13-14-15-16-17-18-22-20(19-25)21(23)24/h9-10,20,22,25H,2-8,11-19H2,1H3,(H,23,24)/b10-9-/t20-/m0/s1. The van der Waals surface area contributed by atoms with Crippen molar-refractivity contribution in [2.24, 2.45) is 0 Å². The first kappa shape index (κ1) is 24.5. The maximum absolute atomic E-state index is 10.8. The Hall–Kier alpha value is -0.480. The van der Waals surface area contributed by atoms with Crippen molar-refractivity contribution < 1.29 is 9.90 Å². The summed E-state index contributed by atoms with van der Waals surface area (Å²) in [5, 5.41) is 11.9. The molecule has 0 amide bonds. The van der Waals surface area contributed by atoms with E-state index in [1.54, 1.807) is 0 Å². The molecule has 0 radical (unpaired) electrons. The largest absolute Gasteiger partial charge is 0.480 e. The number of rotatable bonds is 19. The van der Waals surface area contributed by atoms with Gasteiger partial charge in [-0.05, 0) is 38.6 Å². The van der Waals surface area contributed by atoms with E-state index in [2.05, 4.69) is 37.0 Å². The Labute approximate surface area is 161 Å². The number of carbonyl (C=O) groups is 1. The number of carboxylic acids is 1. The predicted octanol–water partition coefficient (Wildman–Crippen LogP) is 6.00. The lowest BCUT2D eigenvalue weighted by atomic mass is 10.1. The van der Waals surface area contributed by atoms with Gasteiger partial charge in [0.05, 0.1) is 0 Å². The summed E-state index contributed by atoms with van der Waals surface area (Å²) in [7, 11) is 0. The van der Waals surface area contributed by atoms with Crippen molar-refractivity contribution in [3.63, 3.8) is 0 Å². The summed E-state index contributed by atoms with van der Waals surface area (Å²) < 4.78 is 0. The molecule has 25 heavy (non-hydrogen) atoms. The van der Waals surface area contributed by atoms with Crippen LogP contribution in [0.3, 0.4) is 0 Å². The minimum atomic E-state index is -0.806. The van der Waals surface area contributed by atoms with Crippen molar-refractivity contribution in [1.29, 1.82) is 0 Å². The highest BCUT2D eigenvalue weighted by atomic mass is 32.1. The van der Waals surface area contributed by atoms with Gasteiger partial charge in [-0.15, -0.1) is 0 Å². The average molecular weight is 372 g/mol. The molecule has 3 nitrogen and oxygen atoms in total. The molecule has 0 fully saturated rings. The average Bonchev–Trinajstić information content (AvgIpc) is 2.60. The predicted molar refractivity (Wildman–Crippen MR) is 113 cm³/mol. The fraction of sp³-hybridized carbons (Fsp3) is 0.857. The highest BCUT2D eigenvalue weighted by Crippen LogP contribution is 2.09. The van der Waals surface area contributed by atoms with E-state index in [9.17, 15) is 4.79 Å². The van der Waals surface area contributed by atoms with Crippen LogP contribution in [0.5, 0.6) is 0 Å². The lowest BCUT2D eigenvalue weighted by Crippen LogP contribution is -2.38. The summed E-state index contributed by atoms with van der Waals surface area (Å²) in [6.07, 6.45) is 22.9. The molecule has 4 heteroatoms. The Kier molecular flexibility index (Phi) is 19.5. The zero-order chi connectivity index (χ0) is 18.6. The van der Waals surface area contributed by atoms with Crippen LogP contribution in [0.25, 0.3) is 0 Å². The maximum atomic E-state index is 10.8. The number of carboxylic acid groups (broad SMARTS) is 1. The monoisotopic (exact) mass is 371 g/mol. The van der Waals surface area contributed by atoms with E-state index >= 15 is 0 Å². The second-order valence-corrected chi connectivity index (χ2v) is 7.33. The lowest BCUT2D eigenvalue weighted by Gasteiger charge is -2.11. The van der Waals surface area contributed by atoms with Crippen molar-refractivity contribution >= 4 is 18.6 Å². The lowest BCUT2D eigenvalue weighted by molar-refractivity contribution is -0.138. The topological polar surface area (TPSA) is 49.3 Å². The molecule has 2 N–H and O–H groups in total. The van der Waals surface area contributed by atoms with E-state index in [-0.39, 0.29) is 0 Å². The normalized spacial score (nSPS) is 12.7. The van der Waals surface area contributed by atoms with E-state index in [0.717, 1.165) is 13.0 Å². The molecule has 0 bridgehead atoms. The smallest absolute Gasteiger partial charge is 0.321 e. The molecule has 0 unspecified atom stereocenters. The second-order valence-electron chi connectivity index (χ2n) is 6.97. The summed E-state index contributed by atoms with van der Waals surface area (Å²) >= 11 is 4.04. The molecule has 0 saturated heterocycles. The van der Waals surface area contributed by atoms with Crippen LogP contribution in [0.2, 0.25) is 0 Å². The molecule has 0 heterocycles. The van der Waals surface area contributed by atoms with E-state index < -0.39 is 12.0 Å². The van der Waals surface area contributed by atoms with E-state index in [4.69, 9.17) is 5.11 Å². The van der Waals surface area contributed by atoms with E-state index in [0.29, 0.717) is 5.75 Å². The number of hydrogen-bond acceptors (Lipinski definition) is 3. The highest BCUT2D eigenvalue weighted by molar-refractivity contribution is 7.80. The molecule has 0 spiro atoms. The quantitative estimate of drug-likeness (QED) is 0.148. The molecule has 0 saturated carbocycles. The first-order chi connectivity index (χ1) is 12.2. The summed E-state index contributed by atoms with van der Waals surface area (Å²) in [5.41, 5.74) is 0. The van der Waals surface area contributed by atoms with E-state index in [1.165, 1.54) is 83.5 Å². The van der Waals surface area contributed by atoms with Crippen LogP contribution < -0.4 is 5.32 Å². The molecule has 0 aromatic heterocycles. The first-order valence-electron chi connectivity index (χ1n) is 10.4. The van der Waals surface area contributed by atoms with Gasteiger partial charge in [0.2, 0.25) is 0 Å². The van der Waals surface area contributed by atoms with Gasteiger partial charge >= 0.3 is 5.97 Å². The van der Waals surface area contributed by atoms with Crippen molar-refractivity contribution in [3.05, 3.63) is 12.2 Å². The third-order valence-electron chi connectivity index (χ3n) is 4.56. The third-order valence-corrected chi connectivity index (χ3v) is 4.93. The van der Waals surface area contributed by atoms with Crippen LogP contribution in [0.15, 0.2) is 12.2 Å². The van der Waals surface area contributed by atoms with Crippen LogP contribution >= 0.6 is 12.6 Å². The molecule has 1 atom stereocenters. The highest BCUT2D eigenvalue weighted by Gasteiger charge is 2.13. The van der Waals surface area contributed by atoms with Crippen LogP contribution in [0, 0.1) is 0 Å². The molecule has 0 aromatic carbocycles. The summed E-state index contributed by atoms with van der Waals surface area (Å²) in [5.74, 6) is -0.457. The zero-order valence-corrected chi connectivity index (χ0v) is 17.2. The number of allylic oxidation sites excluding steroid dienone is 2. The van der Waals surface area contributed by atoms with Gasteiger partial charge in [-0.3, -0.25) is 4.79 Å². The fourth-order valence-corrected chi connectivity index (χ4v) is 3.16. The third kappa shape index (κ3) is 18.1. The maximum Gasteiger partial charge on any atom is 0.321 e. The molecule has 0 rings (SSSR count). The molecule has 0 aliphatic rings. The Bertz CT molecular complexity index is 321. The van der Waals surface area contributed by atoms with Crippen LogP contribution in [-0.4, -0.2) is 29.4 Å². The fourth-order valence-electron chi connectivity index (χ4n) is 2.88. The summed E-state index contributed by atoms with van der Waals surface area (Å²) in [6.45, 7) is 3.04. The van der Waals surface area contributed by atoms with Crippen LogP contribution in [0.1, 0.15) is 96.8 Å². The van der Waals surface area contributed by atoms with Crippen LogP contribution in [0.4, 0.5) is 0 Å². The number of hydrogen-bond donors (Lipinski definition) is 3. The Morgan fingerprint density at radius 3 is 1.84 bits per heavy atom. The molecular formula is C21H41NO2S. The van der Waals surface area contributed by atoms with Crippen molar-refractivity contribution in [1.82, 2.24) is 5.32 Å². The first-order valence-corrected chi connectivity index (χ1v) is 11.1. The Morgan fingerprint density at radius 1 is 0.880 bits per heavy atom. The molecule has 0 aromatic rings. The van der Waals surface area contributed by atoms with E-state index in [1.807, 2.05) is 0 Å². The molecule has 148 valence electrons. The Morgan fingerprint density at radius 2 is 1.36 bits per heavy atom. The van der Waals surface area contributed by atoms with Gasteiger partial charge in [-0.25, -0.2) is 0 Å².